The zero-order valence-electron chi connectivity index (χ0n) is 14.6. The van der Waals surface area contributed by atoms with Crippen LogP contribution in [-0.2, 0) is 13.6 Å². The van der Waals surface area contributed by atoms with Gasteiger partial charge in [0, 0.05) is 44.8 Å². The topological polar surface area (TPSA) is 58.9 Å². The van der Waals surface area contributed by atoms with Crippen LogP contribution in [0.4, 0.5) is 11.5 Å². The van der Waals surface area contributed by atoms with Crippen LogP contribution in [0.3, 0.4) is 0 Å². The van der Waals surface area contributed by atoms with E-state index in [-0.39, 0.29) is 0 Å². The van der Waals surface area contributed by atoms with Crippen molar-refractivity contribution < 1.29 is 0 Å². The van der Waals surface area contributed by atoms with Gasteiger partial charge in [0.25, 0.3) is 0 Å². The Morgan fingerprint density at radius 3 is 2.60 bits per heavy atom. The smallest absolute Gasteiger partial charge is 0.159 e. The molecule has 6 nitrogen and oxygen atoms in total. The molecule has 3 aromatic rings. The zero-order chi connectivity index (χ0) is 17.1. The highest BCUT2D eigenvalue weighted by Crippen LogP contribution is 2.22. The Morgan fingerprint density at radius 1 is 1.00 bits per heavy atom. The van der Waals surface area contributed by atoms with Crippen LogP contribution < -0.4 is 10.2 Å². The standard InChI is InChI=1S/C19H24N6/c1-24-19-16(14-23-24)17(8-9-20-19)21-12-15-6-7-18(22-13-15)25-10-4-2-3-5-11-25/h6-9,13-14H,2-5,10-12H2,1H3,(H,20,21). The molecule has 3 aromatic heterocycles. The first-order chi connectivity index (χ1) is 12.3. The van der Waals surface area contributed by atoms with Crippen LogP contribution in [0.2, 0.25) is 0 Å². The molecule has 0 amide bonds. The summed E-state index contributed by atoms with van der Waals surface area (Å²) >= 11 is 0. The number of anilines is 2. The molecule has 0 radical (unpaired) electrons. The van der Waals surface area contributed by atoms with Gasteiger partial charge in [-0.3, -0.25) is 4.68 Å². The molecule has 0 aliphatic carbocycles. The van der Waals surface area contributed by atoms with Gasteiger partial charge in [-0.25, -0.2) is 9.97 Å². The van der Waals surface area contributed by atoms with E-state index in [2.05, 4.69) is 37.4 Å². The molecule has 25 heavy (non-hydrogen) atoms. The molecule has 0 spiro atoms. The number of hydrogen-bond acceptors (Lipinski definition) is 5. The second kappa shape index (κ2) is 7.09. The number of pyridine rings is 2. The maximum absolute atomic E-state index is 4.68. The Bertz CT molecular complexity index is 831. The van der Waals surface area contributed by atoms with Crippen LogP contribution >= 0.6 is 0 Å². The molecule has 4 heterocycles. The van der Waals surface area contributed by atoms with Gasteiger partial charge in [0.05, 0.1) is 11.6 Å². The van der Waals surface area contributed by atoms with Crippen LogP contribution in [0.1, 0.15) is 31.2 Å². The highest BCUT2D eigenvalue weighted by atomic mass is 15.3. The van der Waals surface area contributed by atoms with Gasteiger partial charge in [-0.15, -0.1) is 0 Å². The maximum atomic E-state index is 4.68. The summed E-state index contributed by atoms with van der Waals surface area (Å²) in [6.07, 6.45) is 10.9. The molecule has 6 heteroatoms. The fraction of sp³-hybridized carbons (Fsp3) is 0.421. The predicted molar refractivity (Wildman–Crippen MR) is 101 cm³/mol. The van der Waals surface area contributed by atoms with E-state index in [0.29, 0.717) is 0 Å². The number of nitrogens with zero attached hydrogens (tertiary/aromatic N) is 5. The number of hydrogen-bond donors (Lipinski definition) is 1. The lowest BCUT2D eigenvalue weighted by molar-refractivity contribution is 0.726. The average molecular weight is 336 g/mol. The molecule has 0 saturated carbocycles. The van der Waals surface area contributed by atoms with Crippen molar-refractivity contribution in [2.24, 2.45) is 7.05 Å². The van der Waals surface area contributed by atoms with E-state index in [0.717, 1.165) is 42.2 Å². The minimum Gasteiger partial charge on any atom is -0.380 e. The Hall–Kier alpha value is -2.63. The van der Waals surface area contributed by atoms with Crippen molar-refractivity contribution in [1.82, 2.24) is 19.7 Å². The summed E-state index contributed by atoms with van der Waals surface area (Å²) in [6, 6.07) is 6.31. The summed E-state index contributed by atoms with van der Waals surface area (Å²) < 4.78 is 1.79. The summed E-state index contributed by atoms with van der Waals surface area (Å²) in [7, 11) is 1.91. The number of fused-ring (bicyclic) bond motifs is 1. The molecule has 0 unspecified atom stereocenters. The molecule has 1 saturated heterocycles. The summed E-state index contributed by atoms with van der Waals surface area (Å²) in [4.78, 5) is 11.5. The van der Waals surface area contributed by atoms with E-state index in [1.807, 2.05) is 31.7 Å². The summed E-state index contributed by atoms with van der Waals surface area (Å²) in [5.74, 6) is 1.10. The molecular formula is C19H24N6. The van der Waals surface area contributed by atoms with Gasteiger partial charge in [-0.05, 0) is 30.5 Å². The normalized spacial score (nSPS) is 15.3. The fourth-order valence-electron chi connectivity index (χ4n) is 3.41. The molecule has 1 aliphatic rings. The van der Waals surface area contributed by atoms with Crippen molar-refractivity contribution in [3.63, 3.8) is 0 Å². The third-order valence-electron chi connectivity index (χ3n) is 4.86. The van der Waals surface area contributed by atoms with Gasteiger partial charge in [-0.1, -0.05) is 18.9 Å². The Kier molecular flexibility index (Phi) is 4.50. The van der Waals surface area contributed by atoms with Gasteiger partial charge >= 0.3 is 0 Å². The van der Waals surface area contributed by atoms with Crippen molar-refractivity contribution in [3.8, 4) is 0 Å². The highest BCUT2D eigenvalue weighted by molar-refractivity contribution is 5.88. The zero-order valence-corrected chi connectivity index (χ0v) is 14.6. The molecule has 0 atom stereocenters. The van der Waals surface area contributed by atoms with Crippen molar-refractivity contribution in [2.75, 3.05) is 23.3 Å². The SMILES string of the molecule is Cn1ncc2c(NCc3ccc(N4CCCCCC4)nc3)ccnc21. The minimum atomic E-state index is 0.737. The average Bonchev–Trinajstić information content (AvgIpc) is 2.86. The molecule has 1 N–H and O–H groups in total. The van der Waals surface area contributed by atoms with Crippen molar-refractivity contribution in [2.45, 2.75) is 32.2 Å². The first-order valence-electron chi connectivity index (χ1n) is 9.02. The van der Waals surface area contributed by atoms with E-state index < -0.39 is 0 Å². The van der Waals surface area contributed by atoms with Crippen LogP contribution in [0, 0.1) is 0 Å². The van der Waals surface area contributed by atoms with Gasteiger partial charge in [0.1, 0.15) is 5.82 Å². The van der Waals surface area contributed by atoms with Crippen LogP contribution in [0.25, 0.3) is 11.0 Å². The van der Waals surface area contributed by atoms with Crippen molar-refractivity contribution in [3.05, 3.63) is 42.4 Å². The van der Waals surface area contributed by atoms with Crippen LogP contribution in [-0.4, -0.2) is 32.8 Å². The summed E-state index contributed by atoms with van der Waals surface area (Å²) in [6.45, 7) is 2.99. The van der Waals surface area contributed by atoms with Crippen LogP contribution in [0.15, 0.2) is 36.8 Å². The molecule has 0 aromatic carbocycles. The molecule has 4 rings (SSSR count). The Balaban J connectivity index is 1.44. The Labute approximate surface area is 147 Å². The lowest BCUT2D eigenvalue weighted by Gasteiger charge is -2.21. The van der Waals surface area contributed by atoms with Gasteiger partial charge < -0.3 is 10.2 Å². The molecular weight excluding hydrogens is 312 g/mol. The first kappa shape index (κ1) is 15.9. The molecule has 1 fully saturated rings. The predicted octanol–water partition coefficient (Wildman–Crippen LogP) is 3.36. The van der Waals surface area contributed by atoms with Crippen molar-refractivity contribution >= 4 is 22.5 Å². The number of aromatic nitrogens is 4. The van der Waals surface area contributed by atoms with Gasteiger partial charge in [-0.2, -0.15) is 5.10 Å². The van der Waals surface area contributed by atoms with Gasteiger partial charge in [0.2, 0.25) is 0 Å². The largest absolute Gasteiger partial charge is 0.380 e. The fourth-order valence-corrected chi connectivity index (χ4v) is 3.41. The first-order valence-corrected chi connectivity index (χ1v) is 9.02. The van der Waals surface area contributed by atoms with Gasteiger partial charge in [0.15, 0.2) is 5.65 Å². The third-order valence-corrected chi connectivity index (χ3v) is 4.86. The third kappa shape index (κ3) is 3.43. The van der Waals surface area contributed by atoms with E-state index in [1.165, 1.54) is 31.2 Å². The van der Waals surface area contributed by atoms with E-state index in [9.17, 15) is 0 Å². The van der Waals surface area contributed by atoms with E-state index in [4.69, 9.17) is 0 Å². The summed E-state index contributed by atoms with van der Waals surface area (Å²) in [5.41, 5.74) is 3.11. The Morgan fingerprint density at radius 2 is 1.84 bits per heavy atom. The molecule has 130 valence electrons. The molecule has 1 aliphatic heterocycles. The lowest BCUT2D eigenvalue weighted by Crippen LogP contribution is -2.24. The second-order valence-corrected chi connectivity index (χ2v) is 6.64. The lowest BCUT2D eigenvalue weighted by atomic mass is 10.2. The number of nitrogens with one attached hydrogen (secondary N) is 1. The van der Waals surface area contributed by atoms with Crippen molar-refractivity contribution in [1.29, 1.82) is 0 Å². The second-order valence-electron chi connectivity index (χ2n) is 6.64. The highest BCUT2D eigenvalue weighted by Gasteiger charge is 2.11. The maximum Gasteiger partial charge on any atom is 0.159 e. The monoisotopic (exact) mass is 336 g/mol. The van der Waals surface area contributed by atoms with Crippen LogP contribution in [0.5, 0.6) is 0 Å². The molecule has 0 bridgehead atoms. The minimum absolute atomic E-state index is 0.737. The number of aryl methyl sites for hydroxylation is 1. The van der Waals surface area contributed by atoms with E-state index >= 15 is 0 Å². The van der Waals surface area contributed by atoms with E-state index in [1.54, 1.807) is 4.68 Å². The number of rotatable bonds is 4. The summed E-state index contributed by atoms with van der Waals surface area (Å²) in [5, 5.41) is 8.80. The quantitative estimate of drug-likeness (QED) is 0.792.